The largest absolute Gasteiger partial charge is 0.458 e. The molecule has 0 saturated carbocycles. The van der Waals surface area contributed by atoms with E-state index in [1.165, 1.54) is 17.1 Å². The second-order valence-corrected chi connectivity index (χ2v) is 11.4. The van der Waals surface area contributed by atoms with Gasteiger partial charge in [-0.3, -0.25) is 24.5 Å². The quantitative estimate of drug-likeness (QED) is 0.143. The van der Waals surface area contributed by atoms with Crippen molar-refractivity contribution in [3.63, 3.8) is 0 Å². The molecule has 6 rings (SSSR count). The van der Waals surface area contributed by atoms with Crippen molar-refractivity contribution in [2.45, 2.75) is 58.3 Å². The fraction of sp³-hybridized carbons (Fsp3) is 0.290. The smallest absolute Gasteiger partial charge is 0.343 e. The molecule has 4 heterocycles. The molecule has 1 atom stereocenters. The lowest BCUT2D eigenvalue weighted by atomic mass is 9.84. The number of esters is 1. The summed E-state index contributed by atoms with van der Waals surface area (Å²) in [5, 5.41) is 24.6. The monoisotopic (exact) mass is 552 g/mol. The minimum Gasteiger partial charge on any atom is -0.458 e. The van der Waals surface area contributed by atoms with Crippen molar-refractivity contribution in [1.82, 2.24) is 9.55 Å². The molecular weight excluding hydrogens is 524 g/mol. The second kappa shape index (κ2) is 9.17. The average molecular weight is 553 g/mol. The molecule has 2 aliphatic rings. The maximum atomic E-state index is 13.7. The van der Waals surface area contributed by atoms with E-state index in [0.717, 1.165) is 11.1 Å². The number of carbonyl (C=O) groups is 1. The molecule has 2 aromatic heterocycles. The van der Waals surface area contributed by atoms with E-state index in [2.05, 4.69) is 20.8 Å². The van der Waals surface area contributed by atoms with Gasteiger partial charge in [-0.15, -0.1) is 0 Å². The van der Waals surface area contributed by atoms with Crippen molar-refractivity contribution in [3.8, 4) is 11.4 Å². The number of ether oxygens (including phenoxy) is 1. The van der Waals surface area contributed by atoms with Crippen LogP contribution < -0.4 is 5.56 Å². The van der Waals surface area contributed by atoms with Gasteiger partial charge in [0.15, 0.2) is 5.60 Å². The molecule has 208 valence electrons. The fourth-order valence-electron chi connectivity index (χ4n) is 5.71. The maximum Gasteiger partial charge on any atom is 0.343 e. The predicted molar refractivity (Wildman–Crippen MR) is 154 cm³/mol. The highest BCUT2D eigenvalue weighted by Gasteiger charge is 2.52. The summed E-state index contributed by atoms with van der Waals surface area (Å²) in [7, 11) is 0. The third kappa shape index (κ3) is 3.97. The van der Waals surface area contributed by atoms with Crippen LogP contribution in [0.25, 0.3) is 22.3 Å². The Morgan fingerprint density at radius 1 is 1.15 bits per heavy atom. The summed E-state index contributed by atoms with van der Waals surface area (Å²) in [5.74, 6) is -1.02. The van der Waals surface area contributed by atoms with Crippen molar-refractivity contribution in [2.24, 2.45) is 4.99 Å². The third-order valence-corrected chi connectivity index (χ3v) is 7.98. The number of nitro groups is 1. The lowest BCUT2D eigenvalue weighted by Gasteiger charge is -2.31. The van der Waals surface area contributed by atoms with Crippen LogP contribution in [-0.2, 0) is 33.7 Å². The number of benzene rings is 2. The summed E-state index contributed by atoms with van der Waals surface area (Å²) in [6.45, 7) is 7.47. The van der Waals surface area contributed by atoms with Crippen LogP contribution in [0.15, 0.2) is 58.3 Å². The molecule has 0 fully saturated rings. The molecule has 0 saturated heterocycles. The Morgan fingerprint density at radius 2 is 1.85 bits per heavy atom. The normalized spacial score (nSPS) is 17.8. The lowest BCUT2D eigenvalue weighted by molar-refractivity contribution is -0.386. The molecule has 0 radical (unpaired) electrons. The SMILES string of the molecule is CC[C@@]1(O)C(=O)OCc2c1c([N+](=O)[O-])c1n(c2=O)Cc2c-1nc1ccccc1c2C=Nc1ccc(C(C)(C)C)cc1. The van der Waals surface area contributed by atoms with Gasteiger partial charge in [0.25, 0.3) is 5.56 Å². The van der Waals surface area contributed by atoms with Gasteiger partial charge in [-0.1, -0.05) is 58.0 Å². The molecule has 2 aromatic carbocycles. The highest BCUT2D eigenvalue weighted by molar-refractivity contribution is 6.03. The summed E-state index contributed by atoms with van der Waals surface area (Å²) >= 11 is 0. The number of aliphatic hydroxyl groups is 1. The third-order valence-electron chi connectivity index (χ3n) is 7.98. The molecular formula is C31H28N4O6. The van der Waals surface area contributed by atoms with Crippen molar-refractivity contribution >= 4 is 34.5 Å². The Bertz CT molecular complexity index is 1870. The zero-order chi connectivity index (χ0) is 29.3. The first kappa shape index (κ1) is 26.5. The number of hydrogen-bond donors (Lipinski definition) is 1. The topological polar surface area (TPSA) is 137 Å². The highest BCUT2D eigenvalue weighted by Crippen LogP contribution is 2.47. The molecule has 41 heavy (non-hydrogen) atoms. The van der Waals surface area contributed by atoms with Crippen molar-refractivity contribution < 1.29 is 19.6 Å². The standard InChI is InChI=1S/C31H28N4O6/c1-5-31(38)24-22(16-41-29(31)37)28(36)34-15-21-20(14-32-18-12-10-17(11-13-18)30(2,3)4)19-8-6-7-9-23(19)33-25(21)27(34)26(24)35(39)40/h6-14,38H,5,15-16H2,1-4H3/t31-/m0/s1. The first-order valence-corrected chi connectivity index (χ1v) is 13.4. The number of rotatable bonds is 4. The molecule has 0 aliphatic carbocycles. The van der Waals surface area contributed by atoms with Gasteiger partial charge in [0.2, 0.25) is 0 Å². The fourth-order valence-corrected chi connectivity index (χ4v) is 5.71. The Balaban J connectivity index is 1.61. The number of carbonyl (C=O) groups excluding carboxylic acids is 1. The molecule has 10 nitrogen and oxygen atoms in total. The summed E-state index contributed by atoms with van der Waals surface area (Å²) in [5.41, 5.74) is 0.127. The number of aromatic nitrogens is 2. The Labute approximate surface area is 235 Å². The number of nitrogens with zero attached hydrogens (tertiary/aromatic N) is 4. The van der Waals surface area contributed by atoms with E-state index in [4.69, 9.17) is 14.7 Å². The Morgan fingerprint density at radius 3 is 2.51 bits per heavy atom. The number of aliphatic imine (C=N–C) groups is 1. The zero-order valence-electron chi connectivity index (χ0n) is 23.1. The number of fused-ring (bicyclic) bond motifs is 5. The summed E-state index contributed by atoms with van der Waals surface area (Å²) in [4.78, 5) is 47.8. The van der Waals surface area contributed by atoms with Crippen molar-refractivity contribution in [3.05, 3.63) is 96.8 Å². The minimum absolute atomic E-state index is 0.00310. The first-order valence-electron chi connectivity index (χ1n) is 13.4. The molecule has 0 spiro atoms. The molecule has 4 aromatic rings. The van der Waals surface area contributed by atoms with Crippen LogP contribution in [-0.4, -0.2) is 31.8 Å². The molecule has 0 amide bonds. The summed E-state index contributed by atoms with van der Waals surface area (Å²) in [6, 6.07) is 15.3. The van der Waals surface area contributed by atoms with Crippen molar-refractivity contribution in [1.29, 1.82) is 0 Å². The molecule has 10 heteroatoms. The van der Waals surface area contributed by atoms with Gasteiger partial charge in [0.05, 0.1) is 33.8 Å². The molecule has 0 bridgehead atoms. The number of para-hydroxylation sites is 1. The average Bonchev–Trinajstić information content (AvgIpc) is 3.32. The Kier molecular flexibility index (Phi) is 5.93. The van der Waals surface area contributed by atoms with E-state index in [1.54, 1.807) is 12.3 Å². The van der Waals surface area contributed by atoms with Crippen LogP contribution in [0.3, 0.4) is 0 Å². The summed E-state index contributed by atoms with van der Waals surface area (Å²) in [6.07, 6.45) is 1.50. The van der Waals surface area contributed by atoms with E-state index < -0.39 is 34.3 Å². The number of hydrogen-bond acceptors (Lipinski definition) is 8. The van der Waals surface area contributed by atoms with E-state index in [9.17, 15) is 24.8 Å². The van der Waals surface area contributed by atoms with Crippen LogP contribution in [0, 0.1) is 10.1 Å². The first-order chi connectivity index (χ1) is 19.5. The number of pyridine rings is 2. The van der Waals surface area contributed by atoms with E-state index in [1.807, 2.05) is 42.5 Å². The molecule has 1 N–H and O–H groups in total. The maximum absolute atomic E-state index is 13.7. The van der Waals surface area contributed by atoms with Gasteiger partial charge < -0.3 is 9.84 Å². The minimum atomic E-state index is -2.33. The second-order valence-electron chi connectivity index (χ2n) is 11.4. The summed E-state index contributed by atoms with van der Waals surface area (Å²) < 4.78 is 6.40. The van der Waals surface area contributed by atoms with E-state index in [-0.39, 0.29) is 40.9 Å². The Hall–Kier alpha value is -4.70. The zero-order valence-corrected chi connectivity index (χ0v) is 23.1. The van der Waals surface area contributed by atoms with Crippen LogP contribution in [0.2, 0.25) is 0 Å². The van der Waals surface area contributed by atoms with Crippen LogP contribution in [0.1, 0.15) is 61.9 Å². The highest BCUT2D eigenvalue weighted by atomic mass is 16.6. The predicted octanol–water partition coefficient (Wildman–Crippen LogP) is 5.04. The van der Waals surface area contributed by atoms with Gasteiger partial charge in [-0.2, -0.15) is 0 Å². The van der Waals surface area contributed by atoms with E-state index >= 15 is 0 Å². The van der Waals surface area contributed by atoms with Gasteiger partial charge in [-0.25, -0.2) is 9.78 Å². The number of cyclic esters (lactones) is 1. The van der Waals surface area contributed by atoms with Gasteiger partial charge in [0.1, 0.15) is 18.0 Å². The van der Waals surface area contributed by atoms with Crippen molar-refractivity contribution in [2.75, 3.05) is 0 Å². The molecule has 2 aliphatic heterocycles. The van der Waals surface area contributed by atoms with Crippen LogP contribution in [0.5, 0.6) is 0 Å². The van der Waals surface area contributed by atoms with Gasteiger partial charge in [-0.05, 0) is 35.6 Å². The van der Waals surface area contributed by atoms with E-state index in [0.29, 0.717) is 16.6 Å². The van der Waals surface area contributed by atoms with Gasteiger partial charge in [0, 0.05) is 22.7 Å². The molecule has 0 unspecified atom stereocenters. The lowest BCUT2D eigenvalue weighted by Crippen LogP contribution is -2.45. The van der Waals surface area contributed by atoms with Gasteiger partial charge >= 0.3 is 11.7 Å². The van der Waals surface area contributed by atoms with Crippen LogP contribution in [0.4, 0.5) is 11.4 Å². The van der Waals surface area contributed by atoms with Crippen LogP contribution >= 0.6 is 0 Å².